The number of rotatable bonds is 1. The van der Waals surface area contributed by atoms with Gasteiger partial charge in [0, 0.05) is 29.3 Å². The van der Waals surface area contributed by atoms with E-state index in [-0.39, 0.29) is 11.6 Å². The SMILES string of the molecule is Cc1nc(N)cc2c1ccc(=O)n2C(C)C. The van der Waals surface area contributed by atoms with Gasteiger partial charge in [-0.25, -0.2) is 4.98 Å². The van der Waals surface area contributed by atoms with Crippen LogP contribution in [0.5, 0.6) is 0 Å². The Bertz CT molecular complexity index is 599. The first-order chi connectivity index (χ1) is 7.50. The fourth-order valence-corrected chi connectivity index (χ4v) is 1.98. The van der Waals surface area contributed by atoms with E-state index in [9.17, 15) is 4.79 Å². The molecule has 0 saturated heterocycles. The van der Waals surface area contributed by atoms with Crippen LogP contribution in [0.1, 0.15) is 25.6 Å². The molecule has 0 radical (unpaired) electrons. The van der Waals surface area contributed by atoms with Crippen molar-refractivity contribution in [2.45, 2.75) is 26.8 Å². The predicted molar refractivity (Wildman–Crippen MR) is 65.5 cm³/mol. The zero-order valence-electron chi connectivity index (χ0n) is 9.69. The Balaban J connectivity index is 2.97. The summed E-state index contributed by atoms with van der Waals surface area (Å²) in [4.78, 5) is 16.0. The molecule has 0 saturated carbocycles. The second-order valence-electron chi connectivity index (χ2n) is 4.20. The van der Waals surface area contributed by atoms with Crippen LogP contribution < -0.4 is 11.3 Å². The lowest BCUT2D eigenvalue weighted by Gasteiger charge is -2.14. The molecule has 0 aliphatic heterocycles. The number of anilines is 1. The minimum Gasteiger partial charge on any atom is -0.384 e. The second-order valence-corrected chi connectivity index (χ2v) is 4.20. The highest BCUT2D eigenvalue weighted by atomic mass is 16.1. The molecule has 2 heterocycles. The van der Waals surface area contributed by atoms with E-state index in [1.165, 1.54) is 0 Å². The molecule has 0 aliphatic rings. The summed E-state index contributed by atoms with van der Waals surface area (Å²) in [5, 5.41) is 0.975. The highest BCUT2D eigenvalue weighted by molar-refractivity contribution is 5.83. The summed E-state index contributed by atoms with van der Waals surface area (Å²) >= 11 is 0. The Kier molecular flexibility index (Phi) is 2.42. The summed E-state index contributed by atoms with van der Waals surface area (Å²) in [5.41, 5.74) is 7.42. The molecule has 0 aromatic carbocycles. The maximum Gasteiger partial charge on any atom is 0.251 e. The van der Waals surface area contributed by atoms with E-state index >= 15 is 0 Å². The lowest BCUT2D eigenvalue weighted by atomic mass is 10.2. The van der Waals surface area contributed by atoms with Crippen molar-refractivity contribution in [2.24, 2.45) is 0 Å². The van der Waals surface area contributed by atoms with E-state index < -0.39 is 0 Å². The number of fused-ring (bicyclic) bond motifs is 1. The Hall–Kier alpha value is -1.84. The van der Waals surface area contributed by atoms with Crippen LogP contribution in [-0.4, -0.2) is 9.55 Å². The van der Waals surface area contributed by atoms with Crippen molar-refractivity contribution < 1.29 is 0 Å². The molecule has 0 bridgehead atoms. The van der Waals surface area contributed by atoms with Gasteiger partial charge in [-0.05, 0) is 26.8 Å². The third-order valence-electron chi connectivity index (χ3n) is 2.65. The predicted octanol–water partition coefficient (Wildman–Crippen LogP) is 1.87. The lowest BCUT2D eigenvalue weighted by molar-refractivity contribution is 0.600. The number of pyridine rings is 2. The quantitative estimate of drug-likeness (QED) is 0.793. The molecule has 2 rings (SSSR count). The van der Waals surface area contributed by atoms with E-state index in [2.05, 4.69) is 4.98 Å². The zero-order chi connectivity index (χ0) is 11.9. The molecular weight excluding hydrogens is 202 g/mol. The monoisotopic (exact) mass is 217 g/mol. The zero-order valence-corrected chi connectivity index (χ0v) is 9.69. The summed E-state index contributed by atoms with van der Waals surface area (Å²) in [5.74, 6) is 0.449. The molecule has 0 fully saturated rings. The number of aromatic nitrogens is 2. The molecule has 4 nitrogen and oxygen atoms in total. The van der Waals surface area contributed by atoms with Crippen molar-refractivity contribution in [3.05, 3.63) is 34.2 Å². The van der Waals surface area contributed by atoms with Gasteiger partial charge >= 0.3 is 0 Å². The molecule has 16 heavy (non-hydrogen) atoms. The summed E-state index contributed by atoms with van der Waals surface area (Å²) in [7, 11) is 0. The van der Waals surface area contributed by atoms with Gasteiger partial charge in [-0.3, -0.25) is 4.79 Å². The fraction of sp³-hybridized carbons (Fsp3) is 0.333. The molecule has 0 unspecified atom stereocenters. The van der Waals surface area contributed by atoms with Crippen LogP contribution in [0.4, 0.5) is 5.82 Å². The Morgan fingerprint density at radius 3 is 2.69 bits per heavy atom. The largest absolute Gasteiger partial charge is 0.384 e. The van der Waals surface area contributed by atoms with Crippen molar-refractivity contribution in [3.8, 4) is 0 Å². The van der Waals surface area contributed by atoms with Crippen LogP contribution in [0, 0.1) is 6.92 Å². The first kappa shape index (κ1) is 10.7. The maximum atomic E-state index is 11.8. The normalized spacial score (nSPS) is 11.2. The van der Waals surface area contributed by atoms with Crippen molar-refractivity contribution >= 4 is 16.7 Å². The van der Waals surface area contributed by atoms with Crippen molar-refractivity contribution in [3.63, 3.8) is 0 Å². The maximum absolute atomic E-state index is 11.8. The van der Waals surface area contributed by atoms with E-state index in [4.69, 9.17) is 5.73 Å². The van der Waals surface area contributed by atoms with Crippen LogP contribution in [0.25, 0.3) is 10.9 Å². The van der Waals surface area contributed by atoms with Crippen LogP contribution in [0.15, 0.2) is 23.0 Å². The number of nitrogens with two attached hydrogens (primary N) is 1. The fourth-order valence-electron chi connectivity index (χ4n) is 1.98. The van der Waals surface area contributed by atoms with Gasteiger partial charge in [-0.15, -0.1) is 0 Å². The highest BCUT2D eigenvalue weighted by Gasteiger charge is 2.09. The van der Waals surface area contributed by atoms with E-state index in [0.29, 0.717) is 5.82 Å². The summed E-state index contributed by atoms with van der Waals surface area (Å²) < 4.78 is 1.74. The highest BCUT2D eigenvalue weighted by Crippen LogP contribution is 2.19. The van der Waals surface area contributed by atoms with Gasteiger partial charge in [0.1, 0.15) is 5.82 Å². The van der Waals surface area contributed by atoms with Gasteiger partial charge in [0.05, 0.1) is 5.52 Å². The molecule has 2 aromatic heterocycles. The van der Waals surface area contributed by atoms with Gasteiger partial charge in [-0.2, -0.15) is 0 Å². The molecule has 0 amide bonds. The standard InChI is InChI=1S/C12H15N3O/c1-7(2)15-10-6-11(13)14-8(3)9(10)4-5-12(15)16/h4-7H,1-3H3,(H2,13,14). The smallest absolute Gasteiger partial charge is 0.251 e. The summed E-state index contributed by atoms with van der Waals surface area (Å²) in [6.45, 7) is 5.85. The van der Waals surface area contributed by atoms with Crippen LogP contribution >= 0.6 is 0 Å². The number of hydrogen-bond donors (Lipinski definition) is 1. The van der Waals surface area contributed by atoms with Crippen molar-refractivity contribution in [2.75, 3.05) is 5.73 Å². The molecule has 84 valence electrons. The lowest BCUT2D eigenvalue weighted by Crippen LogP contribution is -2.21. The van der Waals surface area contributed by atoms with E-state index in [0.717, 1.165) is 16.6 Å². The van der Waals surface area contributed by atoms with Gasteiger partial charge in [0.25, 0.3) is 5.56 Å². The molecule has 0 spiro atoms. The van der Waals surface area contributed by atoms with E-state index in [1.54, 1.807) is 22.8 Å². The summed E-state index contributed by atoms with van der Waals surface area (Å²) in [6, 6.07) is 5.24. The Morgan fingerprint density at radius 2 is 2.06 bits per heavy atom. The van der Waals surface area contributed by atoms with Crippen molar-refractivity contribution in [1.82, 2.24) is 9.55 Å². The van der Waals surface area contributed by atoms with E-state index in [1.807, 2.05) is 20.8 Å². The Labute approximate surface area is 93.7 Å². The average Bonchev–Trinajstić information content (AvgIpc) is 2.15. The molecule has 0 atom stereocenters. The van der Waals surface area contributed by atoms with Gasteiger partial charge in [-0.1, -0.05) is 0 Å². The van der Waals surface area contributed by atoms with Gasteiger partial charge < -0.3 is 10.3 Å². The molecule has 4 heteroatoms. The summed E-state index contributed by atoms with van der Waals surface area (Å²) in [6.07, 6.45) is 0. The first-order valence-electron chi connectivity index (χ1n) is 5.29. The number of nitrogens with zero attached hydrogens (tertiary/aromatic N) is 2. The molecule has 2 N–H and O–H groups in total. The third kappa shape index (κ3) is 1.56. The minimum atomic E-state index is -0.00694. The van der Waals surface area contributed by atoms with Crippen LogP contribution in [0.3, 0.4) is 0 Å². The van der Waals surface area contributed by atoms with Crippen LogP contribution in [-0.2, 0) is 0 Å². The number of hydrogen-bond acceptors (Lipinski definition) is 3. The molecular formula is C12H15N3O. The van der Waals surface area contributed by atoms with Crippen molar-refractivity contribution in [1.29, 1.82) is 0 Å². The third-order valence-corrected chi connectivity index (χ3v) is 2.65. The topological polar surface area (TPSA) is 60.9 Å². The molecule has 2 aromatic rings. The minimum absolute atomic E-state index is 0.00694. The Morgan fingerprint density at radius 1 is 1.38 bits per heavy atom. The first-order valence-corrected chi connectivity index (χ1v) is 5.29. The number of aryl methyl sites for hydroxylation is 1. The average molecular weight is 217 g/mol. The van der Waals surface area contributed by atoms with Crippen LogP contribution in [0.2, 0.25) is 0 Å². The number of nitrogen functional groups attached to an aromatic ring is 1. The second kappa shape index (κ2) is 3.63. The van der Waals surface area contributed by atoms with Gasteiger partial charge in [0.2, 0.25) is 0 Å². The van der Waals surface area contributed by atoms with Gasteiger partial charge in [0.15, 0.2) is 0 Å². The molecule has 0 aliphatic carbocycles.